The van der Waals surface area contributed by atoms with Crippen molar-refractivity contribution < 1.29 is 9.21 Å². The molecule has 1 aromatic rings. The van der Waals surface area contributed by atoms with Gasteiger partial charge in [0.2, 0.25) is 5.78 Å². The van der Waals surface area contributed by atoms with Crippen molar-refractivity contribution >= 4 is 5.78 Å². The van der Waals surface area contributed by atoms with Crippen LogP contribution in [-0.2, 0) is 0 Å². The van der Waals surface area contributed by atoms with E-state index in [1.54, 1.807) is 18.4 Å². The summed E-state index contributed by atoms with van der Waals surface area (Å²) in [4.78, 5) is 12.1. The van der Waals surface area contributed by atoms with Gasteiger partial charge in [0, 0.05) is 5.92 Å². The Kier molecular flexibility index (Phi) is 3.24. The third kappa shape index (κ3) is 2.14. The second kappa shape index (κ2) is 4.65. The first-order valence-corrected chi connectivity index (χ1v) is 5.90. The van der Waals surface area contributed by atoms with Crippen molar-refractivity contribution in [2.24, 2.45) is 11.8 Å². The van der Waals surface area contributed by atoms with Gasteiger partial charge in [0.05, 0.1) is 6.26 Å². The standard InChI is InChI=1S/C13H18O2/c1-2-10-6-3-4-7-11(10)13(14)12-8-5-9-15-12/h5,8-11H,2-4,6-7H2,1H3. The van der Waals surface area contributed by atoms with E-state index in [0.717, 1.165) is 12.8 Å². The summed E-state index contributed by atoms with van der Waals surface area (Å²) in [6.45, 7) is 2.18. The highest BCUT2D eigenvalue weighted by Gasteiger charge is 2.31. The molecule has 0 aromatic carbocycles. The zero-order valence-corrected chi connectivity index (χ0v) is 9.24. The summed E-state index contributed by atoms with van der Waals surface area (Å²) in [6.07, 6.45) is 7.40. The van der Waals surface area contributed by atoms with Crippen LogP contribution < -0.4 is 0 Å². The molecule has 2 unspecified atom stereocenters. The highest BCUT2D eigenvalue weighted by Crippen LogP contribution is 2.34. The Labute approximate surface area is 90.7 Å². The van der Waals surface area contributed by atoms with Gasteiger partial charge in [-0.15, -0.1) is 0 Å². The minimum Gasteiger partial charge on any atom is -0.461 e. The van der Waals surface area contributed by atoms with Gasteiger partial charge in [-0.1, -0.05) is 26.2 Å². The van der Waals surface area contributed by atoms with E-state index >= 15 is 0 Å². The van der Waals surface area contributed by atoms with Crippen LogP contribution in [0.15, 0.2) is 22.8 Å². The molecule has 2 heteroatoms. The number of Topliss-reactive ketones (excluding diaryl/α,β-unsaturated/α-hetero) is 1. The lowest BCUT2D eigenvalue weighted by Crippen LogP contribution is -2.26. The van der Waals surface area contributed by atoms with Gasteiger partial charge in [-0.05, 0) is 30.9 Å². The zero-order valence-electron chi connectivity index (χ0n) is 9.24. The Balaban J connectivity index is 2.11. The van der Waals surface area contributed by atoms with Crippen LogP contribution >= 0.6 is 0 Å². The average Bonchev–Trinajstić information content (AvgIpc) is 2.81. The average molecular weight is 206 g/mol. The molecule has 2 atom stereocenters. The van der Waals surface area contributed by atoms with Gasteiger partial charge in [0.25, 0.3) is 0 Å². The highest BCUT2D eigenvalue weighted by atomic mass is 16.3. The van der Waals surface area contributed by atoms with Crippen LogP contribution in [0.3, 0.4) is 0 Å². The van der Waals surface area contributed by atoms with E-state index < -0.39 is 0 Å². The first-order chi connectivity index (χ1) is 7.33. The number of hydrogen-bond donors (Lipinski definition) is 0. The molecule has 1 heterocycles. The molecule has 0 saturated heterocycles. The van der Waals surface area contributed by atoms with E-state index in [-0.39, 0.29) is 11.7 Å². The van der Waals surface area contributed by atoms with Crippen molar-refractivity contribution in [1.82, 2.24) is 0 Å². The number of ketones is 1. The van der Waals surface area contributed by atoms with Gasteiger partial charge in [-0.3, -0.25) is 4.79 Å². The van der Waals surface area contributed by atoms with Crippen LogP contribution in [0.2, 0.25) is 0 Å². The Morgan fingerprint density at radius 2 is 2.27 bits per heavy atom. The molecule has 15 heavy (non-hydrogen) atoms. The first kappa shape index (κ1) is 10.5. The van der Waals surface area contributed by atoms with Gasteiger partial charge in [0.1, 0.15) is 0 Å². The van der Waals surface area contributed by atoms with Crippen LogP contribution in [-0.4, -0.2) is 5.78 Å². The summed E-state index contributed by atoms with van der Waals surface area (Å²) >= 11 is 0. The first-order valence-electron chi connectivity index (χ1n) is 5.90. The molecular weight excluding hydrogens is 188 g/mol. The molecule has 1 aromatic heterocycles. The smallest absolute Gasteiger partial charge is 0.201 e. The fourth-order valence-corrected chi connectivity index (χ4v) is 2.64. The van der Waals surface area contributed by atoms with Crippen molar-refractivity contribution in [2.75, 3.05) is 0 Å². The fourth-order valence-electron chi connectivity index (χ4n) is 2.64. The third-order valence-corrected chi connectivity index (χ3v) is 3.53. The number of carbonyl (C=O) groups excluding carboxylic acids is 1. The Morgan fingerprint density at radius 3 is 2.93 bits per heavy atom. The molecule has 0 amide bonds. The van der Waals surface area contributed by atoms with Gasteiger partial charge in [0.15, 0.2) is 5.76 Å². The molecule has 1 saturated carbocycles. The molecule has 1 fully saturated rings. The van der Waals surface area contributed by atoms with Crippen LogP contribution in [0, 0.1) is 11.8 Å². The molecule has 0 aliphatic heterocycles. The molecular formula is C13H18O2. The summed E-state index contributed by atoms with van der Waals surface area (Å²) in [6, 6.07) is 3.57. The largest absolute Gasteiger partial charge is 0.461 e. The maximum absolute atomic E-state index is 12.1. The number of hydrogen-bond acceptors (Lipinski definition) is 2. The summed E-state index contributed by atoms with van der Waals surface area (Å²) in [5, 5.41) is 0. The minimum absolute atomic E-state index is 0.204. The monoisotopic (exact) mass is 206 g/mol. The highest BCUT2D eigenvalue weighted by molar-refractivity contribution is 5.95. The molecule has 82 valence electrons. The lowest BCUT2D eigenvalue weighted by molar-refractivity contribution is 0.0790. The molecule has 0 spiro atoms. The number of furan rings is 1. The van der Waals surface area contributed by atoms with Crippen LogP contribution in [0.4, 0.5) is 0 Å². The molecule has 1 aliphatic carbocycles. The fraction of sp³-hybridized carbons (Fsp3) is 0.615. The van der Waals surface area contributed by atoms with Crippen LogP contribution in [0.5, 0.6) is 0 Å². The van der Waals surface area contributed by atoms with E-state index in [2.05, 4.69) is 6.92 Å². The molecule has 0 N–H and O–H groups in total. The Bertz CT molecular complexity index is 313. The van der Waals surface area contributed by atoms with Crippen LogP contribution in [0.25, 0.3) is 0 Å². The summed E-state index contributed by atoms with van der Waals surface area (Å²) < 4.78 is 5.19. The maximum atomic E-state index is 12.1. The molecule has 0 radical (unpaired) electrons. The maximum Gasteiger partial charge on any atom is 0.201 e. The van der Waals surface area contributed by atoms with Gasteiger partial charge in [-0.25, -0.2) is 0 Å². The van der Waals surface area contributed by atoms with Gasteiger partial charge < -0.3 is 4.42 Å². The Hall–Kier alpha value is -1.05. The number of rotatable bonds is 3. The summed E-state index contributed by atoms with van der Waals surface area (Å²) in [5.41, 5.74) is 0. The van der Waals surface area contributed by atoms with Crippen molar-refractivity contribution in [3.63, 3.8) is 0 Å². The van der Waals surface area contributed by atoms with Crippen molar-refractivity contribution in [3.05, 3.63) is 24.2 Å². The minimum atomic E-state index is 0.204. The van der Waals surface area contributed by atoms with Crippen molar-refractivity contribution in [3.8, 4) is 0 Å². The lowest BCUT2D eigenvalue weighted by Gasteiger charge is -2.28. The van der Waals surface area contributed by atoms with E-state index in [4.69, 9.17) is 4.42 Å². The van der Waals surface area contributed by atoms with E-state index in [0.29, 0.717) is 11.7 Å². The SMILES string of the molecule is CCC1CCCCC1C(=O)c1ccco1. The predicted octanol–water partition coefficient (Wildman–Crippen LogP) is 3.68. The topological polar surface area (TPSA) is 30.2 Å². The second-order valence-corrected chi connectivity index (χ2v) is 4.40. The summed E-state index contributed by atoms with van der Waals surface area (Å²) in [5.74, 6) is 1.53. The summed E-state index contributed by atoms with van der Waals surface area (Å²) in [7, 11) is 0. The third-order valence-electron chi connectivity index (χ3n) is 3.53. The second-order valence-electron chi connectivity index (χ2n) is 4.40. The number of carbonyl (C=O) groups is 1. The Morgan fingerprint density at radius 1 is 1.47 bits per heavy atom. The normalized spacial score (nSPS) is 26.5. The molecule has 2 rings (SSSR count). The van der Waals surface area contributed by atoms with E-state index in [1.807, 2.05) is 0 Å². The predicted molar refractivity (Wildman–Crippen MR) is 58.8 cm³/mol. The zero-order chi connectivity index (χ0) is 10.7. The van der Waals surface area contributed by atoms with Gasteiger partial charge >= 0.3 is 0 Å². The van der Waals surface area contributed by atoms with Crippen molar-refractivity contribution in [1.29, 1.82) is 0 Å². The molecule has 0 bridgehead atoms. The lowest BCUT2D eigenvalue weighted by atomic mass is 9.75. The molecule has 2 nitrogen and oxygen atoms in total. The quantitative estimate of drug-likeness (QED) is 0.706. The van der Waals surface area contributed by atoms with Crippen molar-refractivity contribution in [2.45, 2.75) is 39.0 Å². The van der Waals surface area contributed by atoms with Crippen LogP contribution in [0.1, 0.15) is 49.6 Å². The van der Waals surface area contributed by atoms with E-state index in [9.17, 15) is 4.79 Å². The van der Waals surface area contributed by atoms with Gasteiger partial charge in [-0.2, -0.15) is 0 Å². The van der Waals surface area contributed by atoms with E-state index in [1.165, 1.54) is 19.3 Å². The molecule has 1 aliphatic rings.